The Hall–Kier alpha value is -6.07. The summed E-state index contributed by atoms with van der Waals surface area (Å²) in [6.07, 6.45) is -1.36. The average Bonchev–Trinajstić information content (AvgIpc) is 4.02. The van der Waals surface area contributed by atoms with Crippen molar-refractivity contribution in [3.05, 3.63) is 162 Å². The smallest absolute Gasteiger partial charge is 0.433 e. The molecule has 5 heterocycles. The van der Waals surface area contributed by atoms with Crippen LogP contribution in [-0.2, 0) is 32.7 Å². The minimum atomic E-state index is -4.58. The summed E-state index contributed by atoms with van der Waals surface area (Å²) in [7, 11) is 0. The maximum Gasteiger partial charge on any atom is 0.433 e. The van der Waals surface area contributed by atoms with Crippen LogP contribution in [0.15, 0.2) is 136 Å². The molecule has 0 N–H and O–H groups in total. The number of benzene rings is 6. The van der Waals surface area contributed by atoms with Gasteiger partial charge < -0.3 is 8.98 Å². The minimum absolute atomic E-state index is 0. The van der Waals surface area contributed by atoms with Crippen molar-refractivity contribution in [3.63, 3.8) is 0 Å². The largest absolute Gasteiger partial charge is 0.486 e. The second-order valence-corrected chi connectivity index (χ2v) is 30.6. The van der Waals surface area contributed by atoms with Gasteiger partial charge in [-0.15, -0.1) is 18.2 Å². The van der Waals surface area contributed by atoms with Crippen LogP contribution in [0.4, 0.5) is 13.2 Å². The number of rotatable bonds is 8. The summed E-state index contributed by atoms with van der Waals surface area (Å²) in [4.78, 5) is 13.8. The van der Waals surface area contributed by atoms with Gasteiger partial charge in [0.1, 0.15) is 5.69 Å². The predicted molar refractivity (Wildman–Crippen MR) is 278 cm³/mol. The Morgan fingerprint density at radius 2 is 1.30 bits per heavy atom. The van der Waals surface area contributed by atoms with Crippen LogP contribution < -0.4 is 4.40 Å². The first-order valence-electron chi connectivity index (χ1n) is 23.6. The summed E-state index contributed by atoms with van der Waals surface area (Å²) < 4.78 is 56.5. The summed E-state index contributed by atoms with van der Waals surface area (Å²) >= 11 is -1.98. The summed E-state index contributed by atoms with van der Waals surface area (Å²) in [5, 5.41) is 5.57. The van der Waals surface area contributed by atoms with E-state index in [1.165, 1.54) is 27.2 Å². The molecule has 6 nitrogen and oxygen atoms in total. The minimum Gasteiger partial charge on any atom is -0.486 e. The van der Waals surface area contributed by atoms with Gasteiger partial charge in [-0.1, -0.05) is 87.2 Å². The third-order valence-electron chi connectivity index (χ3n) is 12.9. The van der Waals surface area contributed by atoms with Crippen LogP contribution in [0, 0.1) is 18.1 Å². The number of alkyl halides is 3. The van der Waals surface area contributed by atoms with E-state index in [2.05, 4.69) is 147 Å². The quantitative estimate of drug-likeness (QED) is 0.112. The van der Waals surface area contributed by atoms with Gasteiger partial charge in [0.2, 0.25) is 5.71 Å². The zero-order chi connectivity index (χ0) is 48.5. The van der Waals surface area contributed by atoms with E-state index in [1.54, 1.807) is 12.1 Å². The van der Waals surface area contributed by atoms with Crippen LogP contribution in [-0.4, -0.2) is 32.8 Å². The van der Waals surface area contributed by atoms with E-state index in [9.17, 15) is 13.2 Å². The molecule has 0 spiro atoms. The fourth-order valence-electron chi connectivity index (χ4n) is 9.74. The molecule has 0 aliphatic rings. The molecule has 11 rings (SSSR count). The maximum absolute atomic E-state index is 13.5. The Labute approximate surface area is 422 Å². The van der Waals surface area contributed by atoms with Crippen molar-refractivity contribution in [2.75, 3.05) is 0 Å². The maximum atomic E-state index is 13.5. The third kappa shape index (κ3) is 8.88. The van der Waals surface area contributed by atoms with Crippen LogP contribution in [0.2, 0.25) is 17.3 Å². The molecule has 1 radical (unpaired) electrons. The van der Waals surface area contributed by atoms with E-state index in [1.807, 2.05) is 36.4 Å². The molecule has 0 bridgehead atoms. The SMILES string of the molecule is CC(C)Cc1cc(-c2[c-]ccc3c2oc2ccccc23)nc[c]1[Ge]([CH3])([CH3])[CH3].CC(C)c1cccc(C(C)C)c1-n1c(-c2[c-]ccc3c2oc2nc(C(F)(F)F)ccc23)nc2ccc3ccccc3c21.[Ir]. The standard InChI is InChI=1S/C35H27F3N3O.C24H26GeNO.Ir/c1-19(2)22-11-7-12-23(20(3)4)30(22)41-31-24-10-6-5-9-21(24)15-17-28(31)39-33(41)27-14-8-13-25-26-16-18-29(35(36,37)38)40-34(26)42-32(25)27;1-16(2)13-17-14-22(26-15-21(17)25(3,4)5)20-11-8-10-19-18-9-6-7-12-23(18)27-24(19)20;/h5-13,15-20H,1-4H3;6-10,12,14-16H,13H2,1-5H3;/q2*-1;. The first-order chi connectivity index (χ1) is 33.0. The molecule has 5 aromatic heterocycles. The molecular formula is C59H53F3GeIrN4O2-2. The molecule has 70 heavy (non-hydrogen) atoms. The van der Waals surface area contributed by atoms with Gasteiger partial charge in [-0.25, -0.2) is 4.98 Å². The molecular weight excluding hydrogens is 1120 g/mol. The number of pyridine rings is 2. The van der Waals surface area contributed by atoms with E-state index in [4.69, 9.17) is 18.8 Å². The fraction of sp³-hybridized carbons (Fsp3) is 0.237. The van der Waals surface area contributed by atoms with Gasteiger partial charge in [0, 0.05) is 36.6 Å². The monoisotopic (exact) mass is 1170 g/mol. The fourth-order valence-corrected chi connectivity index (χ4v) is 13.1. The summed E-state index contributed by atoms with van der Waals surface area (Å²) in [6.45, 7) is 13.3. The van der Waals surface area contributed by atoms with Crippen molar-refractivity contribution < 1.29 is 42.1 Å². The summed E-state index contributed by atoms with van der Waals surface area (Å²) in [5.74, 6) is 8.97. The van der Waals surface area contributed by atoms with Crippen molar-refractivity contribution in [2.45, 2.75) is 83.2 Å². The molecule has 11 heteroatoms. The van der Waals surface area contributed by atoms with E-state index >= 15 is 0 Å². The third-order valence-corrected chi connectivity index (χ3v) is 17.3. The summed E-state index contributed by atoms with van der Waals surface area (Å²) in [5.41, 5.74) is 10.2. The molecule has 0 atom stereocenters. The van der Waals surface area contributed by atoms with E-state index in [0.29, 0.717) is 33.7 Å². The summed E-state index contributed by atoms with van der Waals surface area (Å²) in [6, 6.07) is 45.9. The zero-order valence-electron chi connectivity index (χ0n) is 40.6. The van der Waals surface area contributed by atoms with Gasteiger partial charge in [-0.05, 0) is 46.5 Å². The topological polar surface area (TPSA) is 69.9 Å². The Morgan fingerprint density at radius 1 is 0.657 bits per heavy atom. The Balaban J connectivity index is 0.000000188. The normalized spacial score (nSPS) is 12.3. The van der Waals surface area contributed by atoms with E-state index in [-0.39, 0.29) is 37.7 Å². The number of furan rings is 2. The van der Waals surface area contributed by atoms with Gasteiger partial charge >= 0.3 is 170 Å². The van der Waals surface area contributed by atoms with Gasteiger partial charge in [0.15, 0.2) is 0 Å². The first-order valence-corrected chi connectivity index (χ1v) is 31.0. The van der Waals surface area contributed by atoms with Crippen molar-refractivity contribution in [1.82, 2.24) is 19.5 Å². The number of imidazole rings is 1. The van der Waals surface area contributed by atoms with Gasteiger partial charge in [-0.2, -0.15) is 13.2 Å². The number of aromatic nitrogens is 4. The molecule has 0 fully saturated rings. The molecule has 0 unspecified atom stereocenters. The van der Waals surface area contributed by atoms with Crippen LogP contribution >= 0.6 is 0 Å². The average molecular weight is 1170 g/mol. The number of hydrogen-bond acceptors (Lipinski definition) is 5. The van der Waals surface area contributed by atoms with Crippen LogP contribution in [0.1, 0.15) is 75.8 Å². The number of nitrogens with zero attached hydrogens (tertiary/aromatic N) is 4. The molecule has 0 saturated heterocycles. The van der Waals surface area contributed by atoms with Crippen LogP contribution in [0.3, 0.4) is 0 Å². The van der Waals surface area contributed by atoms with E-state index < -0.39 is 25.1 Å². The number of halogens is 3. The second-order valence-electron chi connectivity index (χ2n) is 20.0. The first kappa shape index (κ1) is 48.9. The van der Waals surface area contributed by atoms with Crippen LogP contribution in [0.25, 0.3) is 94.1 Å². The molecule has 6 aromatic carbocycles. The molecule has 0 saturated carbocycles. The van der Waals surface area contributed by atoms with Gasteiger partial charge in [-0.3, -0.25) is 4.98 Å². The Kier molecular flexibility index (Phi) is 13.2. The number of hydrogen-bond donors (Lipinski definition) is 0. The second kappa shape index (κ2) is 18.9. The molecule has 0 aliphatic heterocycles. The number of para-hydroxylation sites is 2. The zero-order valence-corrected chi connectivity index (χ0v) is 45.1. The van der Waals surface area contributed by atoms with E-state index in [0.717, 1.165) is 73.2 Å². The van der Waals surface area contributed by atoms with Crippen LogP contribution in [0.5, 0.6) is 0 Å². The van der Waals surface area contributed by atoms with Crippen molar-refractivity contribution >= 4 is 83.5 Å². The molecule has 0 amide bonds. The Morgan fingerprint density at radius 3 is 1.97 bits per heavy atom. The van der Waals surface area contributed by atoms with Gasteiger partial charge in [0.25, 0.3) is 0 Å². The Bertz CT molecular complexity index is 3720. The molecule has 0 aliphatic carbocycles. The predicted octanol–water partition coefficient (Wildman–Crippen LogP) is 16.4. The molecule has 11 aromatic rings. The number of fused-ring (bicyclic) bond motifs is 9. The van der Waals surface area contributed by atoms with Crippen molar-refractivity contribution in [1.29, 1.82) is 0 Å². The molecule has 357 valence electrons. The van der Waals surface area contributed by atoms with Gasteiger partial charge in [0.05, 0.1) is 22.4 Å². The van der Waals surface area contributed by atoms with Crippen molar-refractivity contribution in [2.24, 2.45) is 5.92 Å². The van der Waals surface area contributed by atoms with Crippen molar-refractivity contribution in [3.8, 4) is 28.3 Å².